The van der Waals surface area contributed by atoms with Crippen LogP contribution in [0, 0.1) is 0 Å². The minimum Gasteiger partial charge on any atom is -0.493 e. The predicted molar refractivity (Wildman–Crippen MR) is 96.6 cm³/mol. The largest absolute Gasteiger partial charge is 0.511 e. The number of benzene rings is 2. The molecule has 1 aromatic heterocycles. The van der Waals surface area contributed by atoms with Crippen molar-refractivity contribution in [3.63, 3.8) is 0 Å². The second kappa shape index (κ2) is 6.98. The van der Waals surface area contributed by atoms with E-state index in [1.165, 1.54) is 0 Å². The molecule has 0 fully saturated rings. The first-order chi connectivity index (χ1) is 12.0. The Hall–Kier alpha value is -2.80. The quantitative estimate of drug-likeness (QED) is 0.633. The molecule has 1 N–H and O–H groups in total. The third-order valence-corrected chi connectivity index (χ3v) is 4.10. The van der Waals surface area contributed by atoms with Gasteiger partial charge in [-0.25, -0.2) is 9.78 Å². The van der Waals surface area contributed by atoms with Crippen molar-refractivity contribution in [1.82, 2.24) is 4.98 Å². The van der Waals surface area contributed by atoms with Gasteiger partial charge in [0.25, 0.3) is 0 Å². The molecule has 25 heavy (non-hydrogen) atoms. The summed E-state index contributed by atoms with van der Waals surface area (Å²) in [6.07, 6.45) is -1.38. The molecule has 7 heteroatoms. The third kappa shape index (κ3) is 3.51. The van der Waals surface area contributed by atoms with Crippen molar-refractivity contribution in [2.24, 2.45) is 0 Å². The van der Waals surface area contributed by atoms with Crippen LogP contribution in [0.1, 0.15) is 0 Å². The molecule has 0 saturated heterocycles. The van der Waals surface area contributed by atoms with Crippen LogP contribution >= 0.6 is 15.9 Å². The van der Waals surface area contributed by atoms with E-state index in [-0.39, 0.29) is 5.75 Å². The number of hydrogen-bond donors (Lipinski definition) is 1. The van der Waals surface area contributed by atoms with Gasteiger partial charge in [-0.05, 0) is 36.4 Å². The van der Waals surface area contributed by atoms with Crippen LogP contribution < -0.4 is 14.2 Å². The summed E-state index contributed by atoms with van der Waals surface area (Å²) in [5.41, 5.74) is 1.93. The lowest BCUT2D eigenvalue weighted by molar-refractivity contribution is 0.145. The number of carboxylic acid groups (broad SMARTS) is 1. The van der Waals surface area contributed by atoms with Gasteiger partial charge in [0.2, 0.25) is 0 Å². The lowest BCUT2D eigenvalue weighted by Gasteiger charge is -2.12. The van der Waals surface area contributed by atoms with E-state index in [9.17, 15) is 4.79 Å². The SMILES string of the molecule is COc1ccc(-c2cc(OC(=O)O)c3cc(Br)ccc3n2)cc1OC. The number of methoxy groups -OCH3 is 2. The Morgan fingerprint density at radius 2 is 1.76 bits per heavy atom. The third-order valence-electron chi connectivity index (χ3n) is 3.61. The Morgan fingerprint density at radius 3 is 2.44 bits per heavy atom. The summed E-state index contributed by atoms with van der Waals surface area (Å²) in [5, 5.41) is 9.61. The van der Waals surface area contributed by atoms with Crippen LogP contribution in [0.15, 0.2) is 46.9 Å². The molecule has 0 aliphatic heterocycles. The maximum atomic E-state index is 11.0. The van der Waals surface area contributed by atoms with Gasteiger partial charge in [0.1, 0.15) is 5.75 Å². The monoisotopic (exact) mass is 403 g/mol. The highest BCUT2D eigenvalue weighted by Crippen LogP contribution is 2.35. The van der Waals surface area contributed by atoms with E-state index in [0.717, 1.165) is 10.0 Å². The minimum atomic E-state index is -1.38. The van der Waals surface area contributed by atoms with E-state index in [1.807, 2.05) is 12.1 Å². The number of pyridine rings is 1. The number of aromatic nitrogens is 1. The molecule has 128 valence electrons. The molecule has 0 aliphatic carbocycles. The summed E-state index contributed by atoms with van der Waals surface area (Å²) in [6, 6.07) is 12.3. The topological polar surface area (TPSA) is 77.9 Å². The second-order valence-electron chi connectivity index (χ2n) is 5.10. The fourth-order valence-electron chi connectivity index (χ4n) is 2.49. The van der Waals surface area contributed by atoms with Gasteiger partial charge in [0.05, 0.1) is 25.4 Å². The summed E-state index contributed by atoms with van der Waals surface area (Å²) in [5.74, 6) is 1.36. The summed E-state index contributed by atoms with van der Waals surface area (Å²) in [4.78, 5) is 15.6. The molecule has 2 aromatic carbocycles. The van der Waals surface area contributed by atoms with Crippen molar-refractivity contribution in [3.8, 4) is 28.5 Å². The first-order valence-corrected chi connectivity index (χ1v) is 8.04. The summed E-state index contributed by atoms with van der Waals surface area (Å²) in [6.45, 7) is 0. The van der Waals surface area contributed by atoms with Crippen molar-refractivity contribution in [3.05, 3.63) is 46.9 Å². The van der Waals surface area contributed by atoms with Gasteiger partial charge < -0.3 is 19.3 Å². The molecule has 0 aliphatic rings. The zero-order valence-corrected chi connectivity index (χ0v) is 15.0. The summed E-state index contributed by atoms with van der Waals surface area (Å²) in [7, 11) is 3.11. The Labute approximate surface area is 152 Å². The molecule has 3 aromatic rings. The number of nitrogens with zero attached hydrogens (tertiary/aromatic N) is 1. The Morgan fingerprint density at radius 1 is 1.00 bits per heavy atom. The maximum absolute atomic E-state index is 11.0. The molecule has 0 spiro atoms. The van der Waals surface area contributed by atoms with Crippen molar-refractivity contribution in [2.45, 2.75) is 0 Å². The highest BCUT2D eigenvalue weighted by molar-refractivity contribution is 9.10. The van der Waals surface area contributed by atoms with Gasteiger partial charge in [-0.15, -0.1) is 0 Å². The maximum Gasteiger partial charge on any atom is 0.511 e. The van der Waals surface area contributed by atoms with E-state index in [2.05, 4.69) is 20.9 Å². The molecule has 0 atom stereocenters. The zero-order chi connectivity index (χ0) is 18.0. The van der Waals surface area contributed by atoms with Gasteiger partial charge >= 0.3 is 6.16 Å². The molecule has 1 heterocycles. The van der Waals surface area contributed by atoms with Gasteiger partial charge in [-0.2, -0.15) is 0 Å². The Balaban J connectivity index is 2.19. The first-order valence-electron chi connectivity index (χ1n) is 7.25. The van der Waals surface area contributed by atoms with Crippen LogP contribution in [0.2, 0.25) is 0 Å². The number of fused-ring (bicyclic) bond motifs is 1. The molecule has 0 unspecified atom stereocenters. The average Bonchev–Trinajstić information content (AvgIpc) is 2.60. The zero-order valence-electron chi connectivity index (χ0n) is 13.4. The Kier molecular flexibility index (Phi) is 4.76. The van der Waals surface area contributed by atoms with Crippen molar-refractivity contribution < 1.29 is 24.1 Å². The van der Waals surface area contributed by atoms with Crippen molar-refractivity contribution in [1.29, 1.82) is 0 Å². The van der Waals surface area contributed by atoms with Crippen LogP contribution in [-0.4, -0.2) is 30.5 Å². The molecule has 3 rings (SSSR count). The molecule has 0 amide bonds. The van der Waals surface area contributed by atoms with Crippen molar-refractivity contribution >= 4 is 33.0 Å². The fraction of sp³-hybridized carbons (Fsp3) is 0.111. The fourth-order valence-corrected chi connectivity index (χ4v) is 2.85. The lowest BCUT2D eigenvalue weighted by Crippen LogP contribution is -2.04. The van der Waals surface area contributed by atoms with E-state index in [0.29, 0.717) is 28.1 Å². The summed E-state index contributed by atoms with van der Waals surface area (Å²) >= 11 is 3.37. The predicted octanol–water partition coefficient (Wildman–Crippen LogP) is 4.74. The summed E-state index contributed by atoms with van der Waals surface area (Å²) < 4.78 is 16.3. The molecule has 0 saturated carbocycles. The molecular formula is C18H14BrNO5. The average molecular weight is 404 g/mol. The van der Waals surface area contributed by atoms with E-state index in [4.69, 9.17) is 19.3 Å². The van der Waals surface area contributed by atoms with Gasteiger partial charge in [-0.1, -0.05) is 15.9 Å². The lowest BCUT2D eigenvalue weighted by atomic mass is 10.1. The number of ether oxygens (including phenoxy) is 3. The van der Waals surface area contributed by atoms with Crippen LogP contribution in [0.25, 0.3) is 22.2 Å². The molecule has 0 radical (unpaired) electrons. The van der Waals surface area contributed by atoms with E-state index < -0.39 is 6.16 Å². The van der Waals surface area contributed by atoms with E-state index in [1.54, 1.807) is 44.6 Å². The van der Waals surface area contributed by atoms with Crippen LogP contribution in [-0.2, 0) is 0 Å². The molecule has 0 bridgehead atoms. The van der Waals surface area contributed by atoms with Gasteiger partial charge in [0.15, 0.2) is 11.5 Å². The Bertz CT molecular complexity index is 958. The highest BCUT2D eigenvalue weighted by atomic mass is 79.9. The second-order valence-corrected chi connectivity index (χ2v) is 6.02. The van der Waals surface area contributed by atoms with Crippen LogP contribution in [0.4, 0.5) is 4.79 Å². The number of halogens is 1. The molecule has 6 nitrogen and oxygen atoms in total. The van der Waals surface area contributed by atoms with Gasteiger partial charge in [-0.3, -0.25) is 0 Å². The highest BCUT2D eigenvalue weighted by Gasteiger charge is 2.14. The van der Waals surface area contributed by atoms with Crippen LogP contribution in [0.5, 0.6) is 17.2 Å². The standard InChI is InChI=1S/C18H14BrNO5/c1-23-15-6-3-10(7-17(15)24-2)14-9-16(25-18(21)22)12-8-11(19)4-5-13(12)20-14/h3-9H,1-2H3,(H,21,22). The van der Waals surface area contributed by atoms with Crippen molar-refractivity contribution in [2.75, 3.05) is 14.2 Å². The smallest absolute Gasteiger partial charge is 0.493 e. The van der Waals surface area contributed by atoms with Gasteiger partial charge in [0, 0.05) is 21.5 Å². The normalized spacial score (nSPS) is 10.5. The number of rotatable bonds is 4. The number of carbonyl (C=O) groups is 1. The minimum absolute atomic E-state index is 0.212. The first kappa shape index (κ1) is 17.0. The molecular weight excluding hydrogens is 390 g/mol. The number of hydrogen-bond acceptors (Lipinski definition) is 5. The van der Waals surface area contributed by atoms with E-state index >= 15 is 0 Å². The van der Waals surface area contributed by atoms with Crippen LogP contribution in [0.3, 0.4) is 0 Å².